The van der Waals surface area contributed by atoms with Gasteiger partial charge in [-0.2, -0.15) is 0 Å². The molecule has 1 aliphatic rings. The van der Waals surface area contributed by atoms with E-state index < -0.39 is 6.10 Å². The molecule has 1 unspecified atom stereocenters. The first-order valence-corrected chi connectivity index (χ1v) is 6.31. The Labute approximate surface area is 102 Å². The first kappa shape index (κ1) is 12.4. The summed E-state index contributed by atoms with van der Waals surface area (Å²) in [6.45, 7) is 5.63. The molecule has 94 valence electrons. The molecule has 0 radical (unpaired) electrons. The molecule has 1 saturated heterocycles. The molecule has 17 heavy (non-hydrogen) atoms. The Kier molecular flexibility index (Phi) is 3.67. The van der Waals surface area contributed by atoms with Gasteiger partial charge >= 0.3 is 0 Å². The van der Waals surface area contributed by atoms with Gasteiger partial charge in [-0.05, 0) is 31.7 Å². The minimum atomic E-state index is -0.627. The number of aliphatic hydroxyl groups excluding tert-OH is 1. The molecule has 2 rings (SSSR count). The first-order chi connectivity index (χ1) is 8.09. The zero-order chi connectivity index (χ0) is 12.4. The van der Waals surface area contributed by atoms with Gasteiger partial charge in [0, 0.05) is 18.7 Å². The third kappa shape index (κ3) is 2.60. The number of para-hydroxylation sites is 1. The number of hydrogen-bond acceptors (Lipinski definition) is 2. The molecule has 0 aromatic heterocycles. The van der Waals surface area contributed by atoms with Gasteiger partial charge in [0.05, 0.1) is 11.8 Å². The number of benzene rings is 1. The van der Waals surface area contributed by atoms with Crippen LogP contribution in [0.5, 0.6) is 0 Å². The molecule has 0 bridgehead atoms. The van der Waals surface area contributed by atoms with E-state index >= 15 is 0 Å². The van der Waals surface area contributed by atoms with Crippen molar-refractivity contribution in [3.63, 3.8) is 0 Å². The molecular formula is C14H20FNO. The molecule has 0 aliphatic carbocycles. The van der Waals surface area contributed by atoms with E-state index in [9.17, 15) is 9.50 Å². The summed E-state index contributed by atoms with van der Waals surface area (Å²) in [7, 11) is 0. The van der Waals surface area contributed by atoms with E-state index in [1.807, 2.05) is 6.07 Å². The quantitative estimate of drug-likeness (QED) is 0.854. The first-order valence-electron chi connectivity index (χ1n) is 6.31. The lowest BCUT2D eigenvalue weighted by atomic mass is 9.98. The number of anilines is 1. The fraction of sp³-hybridized carbons (Fsp3) is 0.571. The lowest BCUT2D eigenvalue weighted by Crippen LogP contribution is -2.35. The largest absolute Gasteiger partial charge is 0.389 e. The SMILES string of the molecule is CC1CCCN(c2c(F)cccc2[C@H](C)O)C1. The Hall–Kier alpha value is -1.09. The van der Waals surface area contributed by atoms with Crippen molar-refractivity contribution in [1.82, 2.24) is 0 Å². The molecule has 3 heteroatoms. The second-order valence-corrected chi connectivity index (χ2v) is 5.05. The number of piperidine rings is 1. The highest BCUT2D eigenvalue weighted by molar-refractivity contribution is 5.56. The Morgan fingerprint density at radius 2 is 2.24 bits per heavy atom. The third-order valence-electron chi connectivity index (χ3n) is 3.44. The second-order valence-electron chi connectivity index (χ2n) is 5.05. The summed E-state index contributed by atoms with van der Waals surface area (Å²) in [6.07, 6.45) is 1.67. The Bertz CT molecular complexity index is 392. The van der Waals surface area contributed by atoms with Gasteiger partial charge in [-0.3, -0.25) is 0 Å². The van der Waals surface area contributed by atoms with Crippen molar-refractivity contribution in [2.24, 2.45) is 5.92 Å². The molecule has 2 nitrogen and oxygen atoms in total. The van der Waals surface area contributed by atoms with Crippen molar-refractivity contribution < 1.29 is 9.50 Å². The molecule has 0 amide bonds. The number of hydrogen-bond donors (Lipinski definition) is 1. The van der Waals surface area contributed by atoms with Gasteiger partial charge in [0.2, 0.25) is 0 Å². The van der Waals surface area contributed by atoms with Crippen LogP contribution in [0.1, 0.15) is 38.4 Å². The smallest absolute Gasteiger partial charge is 0.146 e. The van der Waals surface area contributed by atoms with Crippen LogP contribution in [0.15, 0.2) is 18.2 Å². The number of nitrogens with zero attached hydrogens (tertiary/aromatic N) is 1. The van der Waals surface area contributed by atoms with Crippen molar-refractivity contribution in [2.75, 3.05) is 18.0 Å². The van der Waals surface area contributed by atoms with E-state index in [1.165, 1.54) is 12.5 Å². The van der Waals surface area contributed by atoms with Crippen LogP contribution in [0.2, 0.25) is 0 Å². The highest BCUT2D eigenvalue weighted by Gasteiger charge is 2.22. The lowest BCUT2D eigenvalue weighted by Gasteiger charge is -2.34. The number of halogens is 1. The highest BCUT2D eigenvalue weighted by atomic mass is 19.1. The summed E-state index contributed by atoms with van der Waals surface area (Å²) in [4.78, 5) is 2.07. The molecule has 1 fully saturated rings. The summed E-state index contributed by atoms with van der Waals surface area (Å²) in [5.41, 5.74) is 1.29. The summed E-state index contributed by atoms with van der Waals surface area (Å²) < 4.78 is 14.0. The molecule has 2 atom stereocenters. The van der Waals surface area contributed by atoms with Crippen molar-refractivity contribution >= 4 is 5.69 Å². The minimum Gasteiger partial charge on any atom is -0.389 e. The molecule has 1 aromatic rings. The Balaban J connectivity index is 2.35. The maximum atomic E-state index is 14.0. The molecule has 1 aromatic carbocycles. The maximum absolute atomic E-state index is 14.0. The van der Waals surface area contributed by atoms with E-state index in [1.54, 1.807) is 13.0 Å². The highest BCUT2D eigenvalue weighted by Crippen LogP contribution is 2.32. The maximum Gasteiger partial charge on any atom is 0.146 e. The Morgan fingerprint density at radius 1 is 1.47 bits per heavy atom. The normalized spacial score (nSPS) is 22.6. The summed E-state index contributed by atoms with van der Waals surface area (Å²) >= 11 is 0. The molecular weight excluding hydrogens is 217 g/mol. The lowest BCUT2D eigenvalue weighted by molar-refractivity contribution is 0.199. The Morgan fingerprint density at radius 3 is 2.88 bits per heavy atom. The molecule has 1 heterocycles. The minimum absolute atomic E-state index is 0.225. The summed E-state index contributed by atoms with van der Waals surface area (Å²) in [5.74, 6) is 0.364. The average molecular weight is 237 g/mol. The van der Waals surface area contributed by atoms with E-state index in [4.69, 9.17) is 0 Å². The van der Waals surface area contributed by atoms with Crippen LogP contribution in [0.4, 0.5) is 10.1 Å². The molecule has 0 saturated carbocycles. The van der Waals surface area contributed by atoms with E-state index in [-0.39, 0.29) is 5.82 Å². The monoisotopic (exact) mass is 237 g/mol. The van der Waals surface area contributed by atoms with E-state index in [0.717, 1.165) is 19.5 Å². The van der Waals surface area contributed by atoms with Crippen LogP contribution in [0, 0.1) is 11.7 Å². The van der Waals surface area contributed by atoms with Gasteiger partial charge in [-0.1, -0.05) is 19.1 Å². The van der Waals surface area contributed by atoms with Gasteiger partial charge in [0.15, 0.2) is 0 Å². The molecule has 1 aliphatic heterocycles. The van der Waals surface area contributed by atoms with Crippen LogP contribution in [0.25, 0.3) is 0 Å². The topological polar surface area (TPSA) is 23.5 Å². The fourth-order valence-electron chi connectivity index (χ4n) is 2.60. The molecule has 1 N–H and O–H groups in total. The zero-order valence-corrected chi connectivity index (χ0v) is 10.5. The second kappa shape index (κ2) is 5.05. The fourth-order valence-corrected chi connectivity index (χ4v) is 2.60. The van der Waals surface area contributed by atoms with Gasteiger partial charge in [0.1, 0.15) is 5.82 Å². The predicted molar refractivity (Wildman–Crippen MR) is 67.6 cm³/mol. The summed E-state index contributed by atoms with van der Waals surface area (Å²) in [5, 5.41) is 9.73. The third-order valence-corrected chi connectivity index (χ3v) is 3.44. The van der Waals surface area contributed by atoms with Crippen LogP contribution < -0.4 is 4.90 Å². The van der Waals surface area contributed by atoms with Crippen molar-refractivity contribution in [2.45, 2.75) is 32.8 Å². The van der Waals surface area contributed by atoms with Gasteiger partial charge in [-0.15, -0.1) is 0 Å². The number of rotatable bonds is 2. The van der Waals surface area contributed by atoms with Gasteiger partial charge in [0.25, 0.3) is 0 Å². The van der Waals surface area contributed by atoms with Crippen LogP contribution in [-0.2, 0) is 0 Å². The van der Waals surface area contributed by atoms with Crippen LogP contribution >= 0.6 is 0 Å². The van der Waals surface area contributed by atoms with Crippen molar-refractivity contribution in [1.29, 1.82) is 0 Å². The molecule has 0 spiro atoms. The van der Waals surface area contributed by atoms with Crippen LogP contribution in [0.3, 0.4) is 0 Å². The number of aliphatic hydroxyl groups is 1. The van der Waals surface area contributed by atoms with Gasteiger partial charge < -0.3 is 10.0 Å². The predicted octanol–water partition coefficient (Wildman–Crippen LogP) is 3.12. The van der Waals surface area contributed by atoms with Crippen LogP contribution in [-0.4, -0.2) is 18.2 Å². The van der Waals surface area contributed by atoms with Crippen molar-refractivity contribution in [3.05, 3.63) is 29.6 Å². The summed E-state index contributed by atoms with van der Waals surface area (Å²) in [6, 6.07) is 4.94. The van der Waals surface area contributed by atoms with E-state index in [0.29, 0.717) is 17.2 Å². The van der Waals surface area contributed by atoms with Crippen molar-refractivity contribution in [3.8, 4) is 0 Å². The average Bonchev–Trinajstić information content (AvgIpc) is 2.28. The zero-order valence-electron chi connectivity index (χ0n) is 10.5. The van der Waals surface area contributed by atoms with E-state index in [2.05, 4.69) is 11.8 Å². The van der Waals surface area contributed by atoms with Gasteiger partial charge in [-0.25, -0.2) is 4.39 Å². The standard InChI is InChI=1S/C14H20FNO/c1-10-5-4-8-16(9-10)14-12(11(2)17)6-3-7-13(14)15/h3,6-7,10-11,17H,4-5,8-9H2,1-2H3/t10?,11-/m0/s1.